The molecule has 0 unspecified atom stereocenters. The minimum absolute atomic E-state index is 0.690. The molecule has 96 valence electrons. The molecule has 1 fully saturated rings. The highest BCUT2D eigenvalue weighted by Crippen LogP contribution is 2.03. The molecule has 0 saturated carbocycles. The number of imidazole rings is 1. The summed E-state index contributed by atoms with van der Waals surface area (Å²) >= 11 is 0. The van der Waals surface area contributed by atoms with E-state index in [1.54, 1.807) is 0 Å². The zero-order valence-electron chi connectivity index (χ0n) is 10.3. The van der Waals surface area contributed by atoms with Crippen LogP contribution < -0.4 is 5.73 Å². The summed E-state index contributed by atoms with van der Waals surface area (Å²) in [7, 11) is 0. The monoisotopic (exact) mass is 238 g/mol. The summed E-state index contributed by atoms with van der Waals surface area (Å²) in [5, 5.41) is 0. The molecule has 0 atom stereocenters. The van der Waals surface area contributed by atoms with Gasteiger partial charge in [-0.3, -0.25) is 4.90 Å². The maximum absolute atomic E-state index is 5.57. The lowest BCUT2D eigenvalue weighted by atomic mass is 10.3. The van der Waals surface area contributed by atoms with Crippen molar-refractivity contribution < 1.29 is 4.74 Å². The molecule has 0 aliphatic carbocycles. The second-order valence-corrected chi connectivity index (χ2v) is 4.42. The number of hydrogen-bond acceptors (Lipinski definition) is 4. The fourth-order valence-electron chi connectivity index (χ4n) is 2.19. The standard InChI is InChI=1S/C12H22N4O/c13-3-2-12-10-14-11-16(12)5-1-4-15-6-8-17-9-7-15/h10-11H,1-9,13H2. The Labute approximate surface area is 103 Å². The SMILES string of the molecule is NCCc1cncn1CCCN1CCOCC1. The van der Waals surface area contributed by atoms with Gasteiger partial charge in [-0.1, -0.05) is 0 Å². The third-order valence-electron chi connectivity index (χ3n) is 3.18. The van der Waals surface area contributed by atoms with Crippen molar-refractivity contribution in [2.75, 3.05) is 39.4 Å². The van der Waals surface area contributed by atoms with E-state index in [1.807, 2.05) is 12.5 Å². The van der Waals surface area contributed by atoms with E-state index in [0.29, 0.717) is 6.54 Å². The van der Waals surface area contributed by atoms with Gasteiger partial charge in [-0.15, -0.1) is 0 Å². The number of rotatable bonds is 6. The van der Waals surface area contributed by atoms with Gasteiger partial charge in [-0.25, -0.2) is 4.98 Å². The Hall–Kier alpha value is -0.910. The van der Waals surface area contributed by atoms with Gasteiger partial charge in [0.1, 0.15) is 0 Å². The number of morpholine rings is 1. The van der Waals surface area contributed by atoms with E-state index in [4.69, 9.17) is 10.5 Å². The van der Waals surface area contributed by atoms with Gasteiger partial charge < -0.3 is 15.0 Å². The average molecular weight is 238 g/mol. The van der Waals surface area contributed by atoms with Crippen molar-refractivity contribution >= 4 is 0 Å². The number of nitrogens with zero attached hydrogens (tertiary/aromatic N) is 3. The van der Waals surface area contributed by atoms with E-state index in [1.165, 1.54) is 5.69 Å². The van der Waals surface area contributed by atoms with E-state index in [2.05, 4.69) is 14.5 Å². The van der Waals surface area contributed by atoms with Crippen molar-refractivity contribution in [1.29, 1.82) is 0 Å². The molecular formula is C12H22N4O. The maximum Gasteiger partial charge on any atom is 0.0948 e. The lowest BCUT2D eigenvalue weighted by molar-refractivity contribution is 0.0369. The van der Waals surface area contributed by atoms with Gasteiger partial charge >= 0.3 is 0 Å². The molecule has 0 radical (unpaired) electrons. The number of aryl methyl sites for hydroxylation is 1. The highest BCUT2D eigenvalue weighted by atomic mass is 16.5. The van der Waals surface area contributed by atoms with Crippen LogP contribution in [0.1, 0.15) is 12.1 Å². The van der Waals surface area contributed by atoms with Crippen molar-refractivity contribution in [1.82, 2.24) is 14.5 Å². The van der Waals surface area contributed by atoms with Gasteiger partial charge in [0.15, 0.2) is 0 Å². The first-order chi connectivity index (χ1) is 8.40. The number of hydrogen-bond donors (Lipinski definition) is 1. The van der Waals surface area contributed by atoms with Crippen molar-refractivity contribution in [3.05, 3.63) is 18.2 Å². The predicted octanol–water partition coefficient (Wildman–Crippen LogP) is 0.107. The van der Waals surface area contributed by atoms with E-state index in [0.717, 1.165) is 52.2 Å². The molecule has 2 N–H and O–H groups in total. The molecule has 5 nitrogen and oxygen atoms in total. The maximum atomic E-state index is 5.57. The van der Waals surface area contributed by atoms with Gasteiger partial charge in [0, 0.05) is 44.5 Å². The first-order valence-electron chi connectivity index (χ1n) is 6.39. The predicted molar refractivity (Wildman–Crippen MR) is 66.9 cm³/mol. The Morgan fingerprint density at radius 2 is 2.12 bits per heavy atom. The van der Waals surface area contributed by atoms with Gasteiger partial charge in [-0.2, -0.15) is 0 Å². The Morgan fingerprint density at radius 3 is 2.88 bits per heavy atom. The van der Waals surface area contributed by atoms with Crippen LogP contribution in [-0.2, 0) is 17.7 Å². The first-order valence-corrected chi connectivity index (χ1v) is 6.39. The zero-order valence-corrected chi connectivity index (χ0v) is 10.3. The quantitative estimate of drug-likeness (QED) is 0.764. The second kappa shape index (κ2) is 6.74. The molecule has 0 spiro atoms. The molecule has 2 rings (SSSR count). The van der Waals surface area contributed by atoms with E-state index in [-0.39, 0.29) is 0 Å². The van der Waals surface area contributed by atoms with Crippen molar-refractivity contribution in [2.24, 2.45) is 5.73 Å². The van der Waals surface area contributed by atoms with Crippen LogP contribution in [0.4, 0.5) is 0 Å². The molecule has 0 bridgehead atoms. The molecule has 5 heteroatoms. The molecule has 1 aromatic rings. The average Bonchev–Trinajstić information content (AvgIpc) is 2.79. The molecule has 1 aromatic heterocycles. The Kier molecular flexibility index (Phi) is 4.97. The highest BCUT2D eigenvalue weighted by Gasteiger charge is 2.09. The zero-order chi connectivity index (χ0) is 11.9. The van der Waals surface area contributed by atoms with Crippen LogP contribution in [0, 0.1) is 0 Å². The Morgan fingerprint density at radius 1 is 1.29 bits per heavy atom. The normalized spacial score (nSPS) is 17.5. The van der Waals surface area contributed by atoms with E-state index >= 15 is 0 Å². The molecule has 1 saturated heterocycles. The van der Waals surface area contributed by atoms with Crippen LogP contribution in [0.15, 0.2) is 12.5 Å². The van der Waals surface area contributed by atoms with Crippen LogP contribution in [0.5, 0.6) is 0 Å². The second-order valence-electron chi connectivity index (χ2n) is 4.42. The van der Waals surface area contributed by atoms with E-state index in [9.17, 15) is 0 Å². The van der Waals surface area contributed by atoms with Crippen LogP contribution in [0.3, 0.4) is 0 Å². The summed E-state index contributed by atoms with van der Waals surface area (Å²) in [6, 6.07) is 0. The first kappa shape index (κ1) is 12.5. The summed E-state index contributed by atoms with van der Waals surface area (Å²) in [6.07, 6.45) is 5.90. The number of nitrogens with two attached hydrogens (primary N) is 1. The lowest BCUT2D eigenvalue weighted by Crippen LogP contribution is -2.37. The summed E-state index contributed by atoms with van der Waals surface area (Å²) in [5.74, 6) is 0. The minimum atomic E-state index is 0.690. The van der Waals surface area contributed by atoms with Crippen LogP contribution in [0.2, 0.25) is 0 Å². The summed E-state index contributed by atoms with van der Waals surface area (Å²) < 4.78 is 7.55. The van der Waals surface area contributed by atoms with Crippen LogP contribution in [-0.4, -0.2) is 53.8 Å². The summed E-state index contributed by atoms with van der Waals surface area (Å²) in [6.45, 7) is 6.76. The molecule has 0 amide bonds. The Balaban J connectivity index is 1.71. The number of aromatic nitrogens is 2. The number of ether oxygens (including phenoxy) is 1. The molecular weight excluding hydrogens is 216 g/mol. The third kappa shape index (κ3) is 3.80. The fourth-order valence-corrected chi connectivity index (χ4v) is 2.19. The highest BCUT2D eigenvalue weighted by molar-refractivity contribution is 4.98. The van der Waals surface area contributed by atoms with Crippen LogP contribution >= 0.6 is 0 Å². The van der Waals surface area contributed by atoms with Gasteiger partial charge in [0.2, 0.25) is 0 Å². The third-order valence-corrected chi connectivity index (χ3v) is 3.18. The molecule has 2 heterocycles. The van der Waals surface area contributed by atoms with Crippen LogP contribution in [0.25, 0.3) is 0 Å². The smallest absolute Gasteiger partial charge is 0.0948 e. The van der Waals surface area contributed by atoms with Crippen molar-refractivity contribution in [2.45, 2.75) is 19.4 Å². The minimum Gasteiger partial charge on any atom is -0.379 e. The topological polar surface area (TPSA) is 56.3 Å². The van der Waals surface area contributed by atoms with E-state index < -0.39 is 0 Å². The summed E-state index contributed by atoms with van der Waals surface area (Å²) in [5.41, 5.74) is 6.82. The van der Waals surface area contributed by atoms with Gasteiger partial charge in [0.05, 0.1) is 19.5 Å². The molecule has 0 aromatic carbocycles. The van der Waals surface area contributed by atoms with Gasteiger partial charge in [0.25, 0.3) is 0 Å². The lowest BCUT2D eigenvalue weighted by Gasteiger charge is -2.26. The largest absolute Gasteiger partial charge is 0.379 e. The van der Waals surface area contributed by atoms with Crippen molar-refractivity contribution in [3.63, 3.8) is 0 Å². The molecule has 1 aliphatic heterocycles. The van der Waals surface area contributed by atoms with Crippen molar-refractivity contribution in [3.8, 4) is 0 Å². The van der Waals surface area contributed by atoms with Gasteiger partial charge in [-0.05, 0) is 13.0 Å². The summed E-state index contributed by atoms with van der Waals surface area (Å²) in [4.78, 5) is 6.64. The Bertz CT molecular complexity index is 320. The molecule has 1 aliphatic rings. The fraction of sp³-hybridized carbons (Fsp3) is 0.750. The molecule has 17 heavy (non-hydrogen) atoms.